The Morgan fingerprint density at radius 3 is 2.52 bits per heavy atom. The summed E-state index contributed by atoms with van der Waals surface area (Å²) in [6.07, 6.45) is 0. The van der Waals surface area contributed by atoms with Crippen LogP contribution in [-0.4, -0.2) is 42.5 Å². The molecule has 1 saturated heterocycles. The molecule has 2 aromatic carbocycles. The van der Waals surface area contributed by atoms with Crippen LogP contribution in [0.1, 0.15) is 10.4 Å². The third-order valence-corrected chi connectivity index (χ3v) is 3.53. The first-order chi connectivity index (χ1) is 12.1. The summed E-state index contributed by atoms with van der Waals surface area (Å²) in [6, 6.07) is 15.1. The van der Waals surface area contributed by atoms with Gasteiger partial charge < -0.3 is 14.8 Å². The van der Waals surface area contributed by atoms with Crippen molar-refractivity contribution in [2.24, 2.45) is 0 Å². The fourth-order valence-corrected chi connectivity index (χ4v) is 2.31. The first-order valence-corrected chi connectivity index (χ1v) is 7.72. The Balaban J connectivity index is 1.59. The summed E-state index contributed by atoms with van der Waals surface area (Å²) in [5.74, 6) is -0.0966. The van der Waals surface area contributed by atoms with Gasteiger partial charge in [0.2, 0.25) is 0 Å². The quantitative estimate of drug-likeness (QED) is 0.844. The molecule has 0 aromatic heterocycles. The summed E-state index contributed by atoms with van der Waals surface area (Å²) in [5.41, 5.74) is 0.257. The van der Waals surface area contributed by atoms with Gasteiger partial charge in [-0.3, -0.25) is 9.69 Å². The lowest BCUT2D eigenvalue weighted by molar-refractivity contribution is -0.130. The third-order valence-electron chi connectivity index (χ3n) is 3.53. The number of carbonyl (C=O) groups excluding carboxylic acids is 3. The zero-order chi connectivity index (χ0) is 17.6. The van der Waals surface area contributed by atoms with Crippen LogP contribution in [0.2, 0.25) is 0 Å². The summed E-state index contributed by atoms with van der Waals surface area (Å²) >= 11 is 0. The van der Waals surface area contributed by atoms with Gasteiger partial charge in [0.1, 0.15) is 11.5 Å². The molecule has 25 heavy (non-hydrogen) atoms. The number of ether oxygens (including phenoxy) is 2. The normalized spacial score (nSPS) is 13.3. The van der Waals surface area contributed by atoms with Gasteiger partial charge in [0, 0.05) is 13.1 Å². The minimum atomic E-state index is -0.661. The van der Waals surface area contributed by atoms with E-state index in [1.807, 2.05) is 18.2 Å². The zero-order valence-corrected chi connectivity index (χ0v) is 13.3. The first kappa shape index (κ1) is 16.5. The number of nitrogens with zero attached hydrogens (tertiary/aromatic N) is 1. The third kappa shape index (κ3) is 4.14. The van der Waals surface area contributed by atoms with Gasteiger partial charge in [-0.25, -0.2) is 9.59 Å². The Kier molecular flexibility index (Phi) is 4.94. The zero-order valence-electron chi connectivity index (χ0n) is 13.3. The van der Waals surface area contributed by atoms with E-state index in [4.69, 9.17) is 9.47 Å². The van der Waals surface area contributed by atoms with Crippen molar-refractivity contribution >= 4 is 17.9 Å². The van der Waals surface area contributed by atoms with E-state index in [2.05, 4.69) is 5.32 Å². The number of nitrogens with one attached hydrogen (secondary N) is 1. The summed E-state index contributed by atoms with van der Waals surface area (Å²) in [5, 5.41) is 2.51. The topological polar surface area (TPSA) is 84.9 Å². The second-order valence-electron chi connectivity index (χ2n) is 5.30. The van der Waals surface area contributed by atoms with E-state index in [1.165, 1.54) is 6.07 Å². The summed E-state index contributed by atoms with van der Waals surface area (Å²) in [7, 11) is 0. The molecule has 1 aliphatic rings. The molecule has 1 aliphatic heterocycles. The minimum absolute atomic E-state index is 0.257. The standard InChI is InChI=1S/C18H16N2O5/c21-16(20-10-9-19-18(20)23)12-24-17(22)13-5-4-8-15(11-13)25-14-6-2-1-3-7-14/h1-8,11H,9-10,12H2,(H,19,23). The van der Waals surface area contributed by atoms with E-state index >= 15 is 0 Å². The minimum Gasteiger partial charge on any atom is -0.457 e. The van der Waals surface area contributed by atoms with Crippen LogP contribution in [0.15, 0.2) is 54.6 Å². The fraction of sp³-hybridized carbons (Fsp3) is 0.167. The van der Waals surface area contributed by atoms with E-state index in [0.29, 0.717) is 18.0 Å². The van der Waals surface area contributed by atoms with E-state index in [9.17, 15) is 14.4 Å². The molecule has 3 amide bonds. The van der Waals surface area contributed by atoms with Crippen molar-refractivity contribution in [2.45, 2.75) is 0 Å². The average Bonchev–Trinajstić information content (AvgIpc) is 3.06. The van der Waals surface area contributed by atoms with E-state index < -0.39 is 24.5 Å². The summed E-state index contributed by atoms with van der Waals surface area (Å²) in [4.78, 5) is 36.4. The molecule has 0 bridgehead atoms. The largest absolute Gasteiger partial charge is 0.457 e. The number of hydrogen-bond acceptors (Lipinski definition) is 5. The molecule has 0 saturated carbocycles. The van der Waals surface area contributed by atoms with Crippen LogP contribution in [0.5, 0.6) is 11.5 Å². The molecule has 0 radical (unpaired) electrons. The van der Waals surface area contributed by atoms with Gasteiger partial charge >= 0.3 is 12.0 Å². The maximum absolute atomic E-state index is 12.1. The number of hydrogen-bond donors (Lipinski definition) is 1. The second-order valence-corrected chi connectivity index (χ2v) is 5.30. The van der Waals surface area contributed by atoms with Gasteiger partial charge in [0.15, 0.2) is 6.61 Å². The summed E-state index contributed by atoms with van der Waals surface area (Å²) < 4.78 is 10.6. The average molecular weight is 340 g/mol. The number of urea groups is 1. The lowest BCUT2D eigenvalue weighted by atomic mass is 10.2. The van der Waals surface area contributed by atoms with Crippen molar-refractivity contribution in [3.63, 3.8) is 0 Å². The molecular formula is C18H16N2O5. The van der Waals surface area contributed by atoms with Crippen LogP contribution < -0.4 is 10.1 Å². The SMILES string of the molecule is O=C(OCC(=O)N1CCNC1=O)c1cccc(Oc2ccccc2)c1. The number of esters is 1. The molecule has 0 unspecified atom stereocenters. The van der Waals surface area contributed by atoms with Crippen molar-refractivity contribution in [1.29, 1.82) is 0 Å². The molecule has 0 atom stereocenters. The van der Waals surface area contributed by atoms with Crippen LogP contribution >= 0.6 is 0 Å². The predicted octanol–water partition coefficient (Wildman–Crippen LogP) is 2.19. The van der Waals surface area contributed by atoms with E-state index in [0.717, 1.165) is 4.90 Å². The maximum Gasteiger partial charge on any atom is 0.338 e. The molecule has 1 N–H and O–H groups in total. The highest BCUT2D eigenvalue weighted by Crippen LogP contribution is 2.22. The Morgan fingerprint density at radius 1 is 1.04 bits per heavy atom. The van der Waals surface area contributed by atoms with Gasteiger partial charge in [0.05, 0.1) is 5.56 Å². The monoisotopic (exact) mass is 340 g/mol. The van der Waals surface area contributed by atoms with Gasteiger partial charge in [-0.2, -0.15) is 0 Å². The Hall–Kier alpha value is -3.35. The van der Waals surface area contributed by atoms with Crippen LogP contribution in [0.25, 0.3) is 0 Å². The highest BCUT2D eigenvalue weighted by molar-refractivity contribution is 5.98. The van der Waals surface area contributed by atoms with Crippen LogP contribution in [0, 0.1) is 0 Å². The van der Waals surface area contributed by atoms with Crippen LogP contribution in [-0.2, 0) is 9.53 Å². The molecule has 0 aliphatic carbocycles. The molecule has 3 rings (SSSR count). The van der Waals surface area contributed by atoms with Gasteiger partial charge in [-0.05, 0) is 30.3 Å². The number of amides is 3. The van der Waals surface area contributed by atoms with Gasteiger partial charge in [-0.15, -0.1) is 0 Å². The molecule has 2 aromatic rings. The summed E-state index contributed by atoms with van der Waals surface area (Å²) in [6.45, 7) is 0.184. The van der Waals surface area contributed by atoms with Crippen molar-refractivity contribution in [3.05, 3.63) is 60.2 Å². The fourth-order valence-electron chi connectivity index (χ4n) is 2.31. The van der Waals surface area contributed by atoms with Crippen molar-refractivity contribution in [3.8, 4) is 11.5 Å². The Labute approximate surface area is 144 Å². The molecule has 0 spiro atoms. The molecule has 128 valence electrons. The number of imide groups is 1. The lowest BCUT2D eigenvalue weighted by Crippen LogP contribution is -2.37. The number of rotatable bonds is 5. The number of carbonyl (C=O) groups is 3. The molecule has 7 nitrogen and oxygen atoms in total. The molecule has 7 heteroatoms. The number of benzene rings is 2. The highest BCUT2D eigenvalue weighted by atomic mass is 16.5. The lowest BCUT2D eigenvalue weighted by Gasteiger charge is -2.12. The predicted molar refractivity (Wildman–Crippen MR) is 88.4 cm³/mol. The van der Waals surface area contributed by atoms with Crippen molar-refractivity contribution in [1.82, 2.24) is 10.2 Å². The molecular weight excluding hydrogens is 324 g/mol. The van der Waals surface area contributed by atoms with Crippen molar-refractivity contribution in [2.75, 3.05) is 19.7 Å². The maximum atomic E-state index is 12.1. The Bertz CT molecular complexity index is 791. The van der Waals surface area contributed by atoms with Gasteiger partial charge in [0.25, 0.3) is 5.91 Å². The van der Waals surface area contributed by atoms with Crippen LogP contribution in [0.3, 0.4) is 0 Å². The van der Waals surface area contributed by atoms with Crippen LogP contribution in [0.4, 0.5) is 4.79 Å². The van der Waals surface area contributed by atoms with Crippen molar-refractivity contribution < 1.29 is 23.9 Å². The highest BCUT2D eigenvalue weighted by Gasteiger charge is 2.26. The first-order valence-electron chi connectivity index (χ1n) is 7.72. The molecule has 1 fully saturated rings. The van der Waals surface area contributed by atoms with E-state index in [1.54, 1.807) is 30.3 Å². The van der Waals surface area contributed by atoms with E-state index in [-0.39, 0.29) is 12.1 Å². The Morgan fingerprint density at radius 2 is 1.80 bits per heavy atom. The smallest absolute Gasteiger partial charge is 0.338 e. The van der Waals surface area contributed by atoms with Gasteiger partial charge in [-0.1, -0.05) is 24.3 Å². The number of para-hydroxylation sites is 1. The molecule has 1 heterocycles. The second kappa shape index (κ2) is 7.48.